The van der Waals surface area contributed by atoms with Gasteiger partial charge in [0, 0.05) is 31.2 Å². The van der Waals surface area contributed by atoms with Crippen molar-refractivity contribution in [2.45, 2.75) is 26.8 Å². The Kier molecular flexibility index (Phi) is 6.72. The molecule has 0 bridgehead atoms. The molecule has 0 spiro atoms. The zero-order valence-corrected chi connectivity index (χ0v) is 19.4. The van der Waals surface area contributed by atoms with E-state index in [0.29, 0.717) is 24.6 Å². The molecule has 9 heteroatoms. The Balaban J connectivity index is 1.64. The summed E-state index contributed by atoms with van der Waals surface area (Å²) in [7, 11) is 0. The van der Waals surface area contributed by atoms with Gasteiger partial charge in [-0.25, -0.2) is 14.8 Å². The van der Waals surface area contributed by atoms with Gasteiger partial charge in [-0.05, 0) is 32.9 Å². The van der Waals surface area contributed by atoms with Crippen molar-refractivity contribution in [2.75, 3.05) is 26.2 Å². The van der Waals surface area contributed by atoms with Crippen LogP contribution in [0.25, 0.3) is 11.4 Å². The van der Waals surface area contributed by atoms with E-state index in [2.05, 4.69) is 9.97 Å². The van der Waals surface area contributed by atoms with Gasteiger partial charge < -0.3 is 19.0 Å². The molecule has 1 fully saturated rings. The summed E-state index contributed by atoms with van der Waals surface area (Å²) in [6.45, 7) is 6.31. The van der Waals surface area contributed by atoms with Crippen LogP contribution >= 0.6 is 0 Å². The van der Waals surface area contributed by atoms with Crippen molar-refractivity contribution in [3.05, 3.63) is 71.4 Å². The van der Waals surface area contributed by atoms with Crippen LogP contribution in [-0.4, -0.2) is 69.8 Å². The average molecular weight is 463 g/mol. The van der Waals surface area contributed by atoms with E-state index in [-0.39, 0.29) is 42.1 Å². The summed E-state index contributed by atoms with van der Waals surface area (Å²) in [6.07, 6.45) is 1.45. The Hall–Kier alpha value is -4.01. The van der Waals surface area contributed by atoms with Gasteiger partial charge in [0.15, 0.2) is 11.6 Å². The summed E-state index contributed by atoms with van der Waals surface area (Å²) >= 11 is 0. The van der Waals surface area contributed by atoms with Gasteiger partial charge >= 0.3 is 5.97 Å². The first-order valence-corrected chi connectivity index (χ1v) is 11.2. The molecule has 3 heterocycles. The smallest absolute Gasteiger partial charge is 0.342 e. The predicted molar refractivity (Wildman–Crippen MR) is 123 cm³/mol. The van der Waals surface area contributed by atoms with Crippen LogP contribution in [-0.2, 0) is 4.74 Å². The van der Waals surface area contributed by atoms with Crippen LogP contribution in [0.15, 0.2) is 53.1 Å². The Morgan fingerprint density at radius 3 is 2.47 bits per heavy atom. The highest BCUT2D eigenvalue weighted by Crippen LogP contribution is 2.23. The summed E-state index contributed by atoms with van der Waals surface area (Å²) < 4.78 is 10.4. The summed E-state index contributed by atoms with van der Waals surface area (Å²) in [6, 6.07) is 12.3. The number of rotatable bonds is 5. The van der Waals surface area contributed by atoms with Gasteiger partial charge in [-0.3, -0.25) is 9.59 Å². The number of carbonyl (C=O) groups is 3. The number of benzene rings is 1. The number of esters is 1. The van der Waals surface area contributed by atoms with Crippen molar-refractivity contribution in [3.8, 4) is 11.4 Å². The average Bonchev–Trinajstić information content (AvgIpc) is 3.38. The molecule has 1 aliphatic rings. The Bertz CT molecular complexity index is 1190. The fourth-order valence-electron chi connectivity index (χ4n) is 4.03. The Labute approximate surface area is 197 Å². The van der Waals surface area contributed by atoms with Gasteiger partial charge in [-0.15, -0.1) is 0 Å². The molecule has 4 rings (SSSR count). The fraction of sp³-hybridized carbons (Fsp3) is 0.320. The molecular formula is C25H26N4O5. The van der Waals surface area contributed by atoms with Gasteiger partial charge in [0.2, 0.25) is 0 Å². The summed E-state index contributed by atoms with van der Waals surface area (Å²) in [5.74, 6) is -0.643. The number of amides is 2. The Morgan fingerprint density at radius 2 is 1.82 bits per heavy atom. The van der Waals surface area contributed by atoms with Crippen LogP contribution in [0, 0.1) is 6.92 Å². The highest BCUT2D eigenvalue weighted by Gasteiger charge is 2.34. The molecule has 1 unspecified atom stereocenters. The second-order valence-electron chi connectivity index (χ2n) is 8.02. The van der Waals surface area contributed by atoms with Gasteiger partial charge in [-0.1, -0.05) is 30.3 Å². The van der Waals surface area contributed by atoms with Gasteiger partial charge in [0.05, 0.1) is 18.6 Å². The second kappa shape index (κ2) is 9.86. The zero-order valence-electron chi connectivity index (χ0n) is 19.4. The highest BCUT2D eigenvalue weighted by atomic mass is 16.5. The first kappa shape index (κ1) is 23.2. The standard InChI is InChI=1S/C25H26N4O5/c1-4-33-25(32)20-17(3)26-22(18-9-6-5-7-10-18)27-21(20)24(31)28-12-13-29(16(2)15-28)23(30)19-11-8-14-34-19/h5-11,14,16H,4,12-13,15H2,1-3H3. The van der Waals surface area contributed by atoms with Crippen molar-refractivity contribution >= 4 is 17.8 Å². The maximum atomic E-state index is 13.6. The number of hydrogen-bond acceptors (Lipinski definition) is 7. The molecule has 3 aromatic rings. The largest absolute Gasteiger partial charge is 0.462 e. The lowest BCUT2D eigenvalue weighted by molar-refractivity contribution is 0.0388. The SMILES string of the molecule is CCOC(=O)c1c(C)nc(-c2ccccc2)nc1C(=O)N1CCN(C(=O)c2ccco2)C(C)C1. The van der Waals surface area contributed by atoms with Gasteiger partial charge in [0.25, 0.3) is 11.8 Å². The van der Waals surface area contributed by atoms with E-state index >= 15 is 0 Å². The molecular weight excluding hydrogens is 436 g/mol. The van der Waals surface area contributed by atoms with Gasteiger partial charge in [-0.2, -0.15) is 0 Å². The maximum Gasteiger partial charge on any atom is 0.342 e. The normalized spacial score (nSPS) is 15.8. The fourth-order valence-corrected chi connectivity index (χ4v) is 4.03. The summed E-state index contributed by atoms with van der Waals surface area (Å²) in [5.41, 5.74) is 1.17. The molecule has 34 heavy (non-hydrogen) atoms. The van der Waals surface area contributed by atoms with E-state index in [9.17, 15) is 14.4 Å². The number of aromatic nitrogens is 2. The molecule has 0 aliphatic carbocycles. The lowest BCUT2D eigenvalue weighted by atomic mass is 10.1. The number of piperazine rings is 1. The third kappa shape index (κ3) is 4.54. The van der Waals surface area contributed by atoms with Crippen LogP contribution < -0.4 is 0 Å². The monoisotopic (exact) mass is 462 g/mol. The van der Waals surface area contributed by atoms with Crippen LogP contribution in [0.4, 0.5) is 0 Å². The van der Waals surface area contributed by atoms with Crippen LogP contribution in [0.5, 0.6) is 0 Å². The summed E-state index contributed by atoms with van der Waals surface area (Å²) in [4.78, 5) is 51.3. The second-order valence-corrected chi connectivity index (χ2v) is 8.02. The molecule has 1 aromatic carbocycles. The van der Waals surface area contributed by atoms with Crippen molar-refractivity contribution in [2.24, 2.45) is 0 Å². The van der Waals surface area contributed by atoms with Gasteiger partial charge in [0.1, 0.15) is 11.3 Å². The quantitative estimate of drug-likeness (QED) is 0.536. The first-order chi connectivity index (χ1) is 16.4. The van der Waals surface area contributed by atoms with E-state index in [0.717, 1.165) is 5.56 Å². The molecule has 1 aliphatic heterocycles. The molecule has 2 aromatic heterocycles. The first-order valence-electron chi connectivity index (χ1n) is 11.2. The third-order valence-corrected chi connectivity index (χ3v) is 5.71. The predicted octanol–water partition coefficient (Wildman–Crippen LogP) is 3.21. The molecule has 9 nitrogen and oxygen atoms in total. The van der Waals surface area contributed by atoms with E-state index < -0.39 is 11.9 Å². The molecule has 2 amide bonds. The van der Waals surface area contributed by atoms with Crippen molar-refractivity contribution < 1.29 is 23.5 Å². The minimum Gasteiger partial charge on any atom is -0.462 e. The van der Waals surface area contributed by atoms with E-state index in [1.807, 2.05) is 37.3 Å². The summed E-state index contributed by atoms with van der Waals surface area (Å²) in [5, 5.41) is 0. The number of furan rings is 1. The van der Waals surface area contributed by atoms with Crippen molar-refractivity contribution in [3.63, 3.8) is 0 Å². The van der Waals surface area contributed by atoms with E-state index in [1.54, 1.807) is 35.8 Å². The minimum absolute atomic E-state index is 0.00261. The van der Waals surface area contributed by atoms with Crippen LogP contribution in [0.2, 0.25) is 0 Å². The Morgan fingerprint density at radius 1 is 1.06 bits per heavy atom. The van der Waals surface area contributed by atoms with E-state index in [1.165, 1.54) is 6.26 Å². The molecule has 176 valence electrons. The minimum atomic E-state index is -0.636. The van der Waals surface area contributed by atoms with Crippen LogP contribution in [0.1, 0.15) is 50.9 Å². The zero-order chi connectivity index (χ0) is 24.2. The van der Waals surface area contributed by atoms with Crippen LogP contribution in [0.3, 0.4) is 0 Å². The number of ether oxygens (including phenoxy) is 1. The third-order valence-electron chi connectivity index (χ3n) is 5.71. The number of hydrogen-bond donors (Lipinski definition) is 0. The molecule has 0 radical (unpaired) electrons. The molecule has 1 atom stereocenters. The molecule has 1 saturated heterocycles. The maximum absolute atomic E-state index is 13.6. The number of aryl methyl sites for hydroxylation is 1. The van der Waals surface area contributed by atoms with E-state index in [4.69, 9.17) is 9.15 Å². The number of nitrogens with zero attached hydrogens (tertiary/aromatic N) is 4. The van der Waals surface area contributed by atoms with Crippen molar-refractivity contribution in [1.82, 2.24) is 19.8 Å². The lowest BCUT2D eigenvalue weighted by Gasteiger charge is -2.39. The highest BCUT2D eigenvalue weighted by molar-refractivity contribution is 6.05. The van der Waals surface area contributed by atoms with Crippen molar-refractivity contribution in [1.29, 1.82) is 0 Å². The lowest BCUT2D eigenvalue weighted by Crippen LogP contribution is -2.55. The molecule has 0 saturated carbocycles. The number of carbonyl (C=O) groups excluding carboxylic acids is 3. The topological polar surface area (TPSA) is 106 Å². The molecule has 0 N–H and O–H groups in total.